The van der Waals surface area contributed by atoms with Crippen LogP contribution in [0, 0.1) is 0 Å². The average molecular weight is 149 g/mol. The fourth-order valence-electron chi connectivity index (χ4n) is 0.551. The Morgan fingerprint density at radius 3 is 3.00 bits per heavy atom. The maximum absolute atomic E-state index is 5.77. The zero-order valence-corrected chi connectivity index (χ0v) is 6.21. The number of rotatable bonds is 3. The van der Waals surface area contributed by atoms with E-state index in [1.165, 1.54) is 5.75 Å². The Balaban J connectivity index is 2.06. The molecule has 0 amide bonds. The molecule has 0 saturated carbocycles. The normalized spacial score (nSPS) is 29.4. The lowest BCUT2D eigenvalue weighted by molar-refractivity contribution is 0.895. The highest BCUT2D eigenvalue weighted by molar-refractivity contribution is 8.06. The predicted molar refractivity (Wildman–Crippen MR) is 40.7 cm³/mol. The summed E-state index contributed by atoms with van der Waals surface area (Å²) in [6, 6.07) is 0. The Hall–Kier alpha value is 0.380. The van der Waals surface area contributed by atoms with Crippen molar-refractivity contribution in [3.05, 3.63) is 12.7 Å². The Bertz CT molecular complexity index is 88.5. The second-order valence-corrected chi connectivity index (χ2v) is 3.84. The summed E-state index contributed by atoms with van der Waals surface area (Å²) in [5, 5.41) is 1.05. The Morgan fingerprint density at radius 2 is 2.62 bits per heavy atom. The number of alkyl halides is 1. The Kier molecular flexibility index (Phi) is 2.27. The van der Waals surface area contributed by atoms with Crippen LogP contribution < -0.4 is 0 Å². The van der Waals surface area contributed by atoms with Crippen molar-refractivity contribution in [1.29, 1.82) is 0 Å². The SMILES string of the molecule is C=CC(Cl)CC1CS1. The third-order valence-electron chi connectivity index (χ3n) is 1.15. The van der Waals surface area contributed by atoms with Crippen LogP contribution in [0.2, 0.25) is 0 Å². The number of thioether (sulfide) groups is 1. The van der Waals surface area contributed by atoms with Crippen LogP contribution in [0.4, 0.5) is 0 Å². The number of hydrogen-bond donors (Lipinski definition) is 0. The first kappa shape index (κ1) is 6.50. The van der Waals surface area contributed by atoms with Gasteiger partial charge in [-0.05, 0) is 6.42 Å². The standard InChI is InChI=1S/C6H9ClS/c1-2-5(7)3-6-4-8-6/h2,5-6H,1,3-4H2. The molecule has 46 valence electrons. The van der Waals surface area contributed by atoms with Gasteiger partial charge in [0.05, 0.1) is 5.38 Å². The third kappa shape index (κ3) is 2.10. The molecule has 0 radical (unpaired) electrons. The second kappa shape index (κ2) is 2.79. The molecule has 0 aromatic rings. The van der Waals surface area contributed by atoms with Crippen molar-refractivity contribution < 1.29 is 0 Å². The van der Waals surface area contributed by atoms with Crippen molar-refractivity contribution in [2.45, 2.75) is 17.0 Å². The molecular formula is C6H9ClS. The lowest BCUT2D eigenvalue weighted by Gasteiger charge is -1.96. The minimum Gasteiger partial charge on any atom is -0.157 e. The summed E-state index contributed by atoms with van der Waals surface area (Å²) in [6.07, 6.45) is 2.91. The molecule has 0 spiro atoms. The van der Waals surface area contributed by atoms with Gasteiger partial charge in [0.2, 0.25) is 0 Å². The minimum absolute atomic E-state index is 0.204. The van der Waals surface area contributed by atoms with E-state index in [2.05, 4.69) is 6.58 Å². The fourth-order valence-corrected chi connectivity index (χ4v) is 1.49. The van der Waals surface area contributed by atoms with Gasteiger partial charge in [0.1, 0.15) is 0 Å². The maximum atomic E-state index is 5.77. The monoisotopic (exact) mass is 148 g/mol. The van der Waals surface area contributed by atoms with Gasteiger partial charge in [-0.25, -0.2) is 0 Å². The van der Waals surface area contributed by atoms with Crippen LogP contribution in [0.15, 0.2) is 12.7 Å². The zero-order chi connectivity index (χ0) is 5.98. The summed E-state index contributed by atoms with van der Waals surface area (Å²) >= 11 is 7.75. The highest BCUT2D eigenvalue weighted by atomic mass is 35.5. The molecule has 0 N–H and O–H groups in total. The molecule has 1 rings (SSSR count). The van der Waals surface area contributed by atoms with Crippen LogP contribution in [-0.2, 0) is 0 Å². The van der Waals surface area contributed by atoms with Gasteiger partial charge in [0.25, 0.3) is 0 Å². The molecule has 0 aliphatic carbocycles. The molecule has 2 unspecified atom stereocenters. The highest BCUT2D eigenvalue weighted by Gasteiger charge is 2.23. The summed E-state index contributed by atoms with van der Waals surface area (Å²) < 4.78 is 0. The van der Waals surface area contributed by atoms with Gasteiger partial charge in [-0.1, -0.05) is 6.08 Å². The van der Waals surface area contributed by atoms with Crippen LogP contribution in [-0.4, -0.2) is 16.4 Å². The quantitative estimate of drug-likeness (QED) is 0.336. The molecular weight excluding hydrogens is 140 g/mol. The lowest BCUT2D eigenvalue weighted by atomic mass is 10.2. The van der Waals surface area contributed by atoms with Gasteiger partial charge in [0.15, 0.2) is 0 Å². The summed E-state index contributed by atoms with van der Waals surface area (Å²) in [7, 11) is 0. The van der Waals surface area contributed by atoms with E-state index in [9.17, 15) is 0 Å². The van der Waals surface area contributed by atoms with Gasteiger partial charge < -0.3 is 0 Å². The number of hydrogen-bond acceptors (Lipinski definition) is 1. The van der Waals surface area contributed by atoms with Crippen LogP contribution in [0.5, 0.6) is 0 Å². The van der Waals surface area contributed by atoms with Crippen LogP contribution in [0.1, 0.15) is 6.42 Å². The van der Waals surface area contributed by atoms with Crippen molar-refractivity contribution in [3.63, 3.8) is 0 Å². The summed E-state index contributed by atoms with van der Waals surface area (Å²) in [6.45, 7) is 3.60. The van der Waals surface area contributed by atoms with E-state index in [4.69, 9.17) is 11.6 Å². The summed E-state index contributed by atoms with van der Waals surface area (Å²) in [5.74, 6) is 1.30. The van der Waals surface area contributed by atoms with E-state index in [0.717, 1.165) is 11.7 Å². The van der Waals surface area contributed by atoms with Crippen LogP contribution >= 0.6 is 23.4 Å². The van der Waals surface area contributed by atoms with Crippen LogP contribution in [0.25, 0.3) is 0 Å². The summed E-state index contributed by atoms with van der Waals surface area (Å²) in [5.41, 5.74) is 0. The van der Waals surface area contributed by atoms with Crippen molar-refractivity contribution in [2.24, 2.45) is 0 Å². The van der Waals surface area contributed by atoms with Gasteiger partial charge in [0, 0.05) is 11.0 Å². The molecule has 0 bridgehead atoms. The zero-order valence-electron chi connectivity index (χ0n) is 4.64. The van der Waals surface area contributed by atoms with Crippen molar-refractivity contribution in [1.82, 2.24) is 0 Å². The maximum Gasteiger partial charge on any atom is 0.0524 e. The topological polar surface area (TPSA) is 0 Å². The van der Waals surface area contributed by atoms with E-state index in [-0.39, 0.29) is 5.38 Å². The molecule has 0 nitrogen and oxygen atoms in total. The van der Waals surface area contributed by atoms with E-state index in [0.29, 0.717) is 0 Å². The van der Waals surface area contributed by atoms with Crippen molar-refractivity contribution in [3.8, 4) is 0 Å². The van der Waals surface area contributed by atoms with Crippen molar-refractivity contribution in [2.75, 3.05) is 5.75 Å². The molecule has 0 aromatic carbocycles. The molecule has 1 saturated heterocycles. The van der Waals surface area contributed by atoms with Gasteiger partial charge in [-0.2, -0.15) is 11.8 Å². The van der Waals surface area contributed by atoms with Crippen molar-refractivity contribution >= 4 is 23.4 Å². The third-order valence-corrected chi connectivity index (χ3v) is 2.50. The lowest BCUT2D eigenvalue weighted by Crippen LogP contribution is -1.96. The molecule has 1 aliphatic rings. The average Bonchev–Trinajstić information content (AvgIpc) is 2.50. The highest BCUT2D eigenvalue weighted by Crippen LogP contribution is 2.35. The number of allylic oxidation sites excluding steroid dienone is 1. The van der Waals surface area contributed by atoms with E-state index >= 15 is 0 Å². The van der Waals surface area contributed by atoms with Gasteiger partial charge in [-0.3, -0.25) is 0 Å². The molecule has 2 heteroatoms. The molecule has 1 aliphatic heterocycles. The molecule has 2 atom stereocenters. The summed E-state index contributed by atoms with van der Waals surface area (Å²) in [4.78, 5) is 0. The molecule has 1 fully saturated rings. The Labute approximate surface area is 59.3 Å². The first-order valence-electron chi connectivity index (χ1n) is 2.71. The minimum atomic E-state index is 0.204. The fraction of sp³-hybridized carbons (Fsp3) is 0.667. The second-order valence-electron chi connectivity index (χ2n) is 1.94. The molecule has 0 aromatic heterocycles. The number of halogens is 1. The van der Waals surface area contributed by atoms with E-state index in [1.54, 1.807) is 6.08 Å². The first-order chi connectivity index (χ1) is 3.83. The van der Waals surface area contributed by atoms with Gasteiger partial charge >= 0.3 is 0 Å². The van der Waals surface area contributed by atoms with E-state index < -0.39 is 0 Å². The van der Waals surface area contributed by atoms with Crippen LogP contribution in [0.3, 0.4) is 0 Å². The van der Waals surface area contributed by atoms with E-state index in [1.807, 2.05) is 11.8 Å². The molecule has 1 heterocycles. The molecule has 8 heavy (non-hydrogen) atoms. The smallest absolute Gasteiger partial charge is 0.0524 e. The predicted octanol–water partition coefficient (Wildman–Crippen LogP) is 2.29. The first-order valence-corrected chi connectivity index (χ1v) is 4.19. The van der Waals surface area contributed by atoms with Gasteiger partial charge in [-0.15, -0.1) is 18.2 Å². The largest absolute Gasteiger partial charge is 0.157 e. The Morgan fingerprint density at radius 1 is 2.00 bits per heavy atom.